The van der Waals surface area contributed by atoms with Crippen LogP contribution in [0.15, 0.2) is 91.0 Å². The summed E-state index contributed by atoms with van der Waals surface area (Å²) in [5.74, 6) is -1.54. The quantitative estimate of drug-likeness (QED) is 0.663. The molecule has 0 radical (unpaired) electrons. The number of rotatable bonds is 7. The number of hydrogen-bond donors (Lipinski definition) is 1. The zero-order chi connectivity index (χ0) is 18.4. The molecular weight excluding hydrogens is 322 g/mol. The molecule has 2 atom stereocenters. The number of nitrogens with two attached hydrogens (primary N) is 1. The van der Waals surface area contributed by atoms with E-state index in [1.54, 1.807) is 12.1 Å². The van der Waals surface area contributed by atoms with Crippen molar-refractivity contribution in [2.45, 2.75) is 18.4 Å². The summed E-state index contributed by atoms with van der Waals surface area (Å²) in [6.45, 7) is 0. The Bertz CT molecular complexity index is 860. The van der Waals surface area contributed by atoms with Gasteiger partial charge in [-0.25, -0.2) is 0 Å². The van der Waals surface area contributed by atoms with E-state index in [-0.39, 0.29) is 0 Å². The van der Waals surface area contributed by atoms with Gasteiger partial charge < -0.3 is 5.73 Å². The molecule has 3 rings (SSSR count). The van der Waals surface area contributed by atoms with Crippen molar-refractivity contribution in [1.29, 1.82) is 0 Å². The molecule has 2 unspecified atom stereocenters. The summed E-state index contributed by atoms with van der Waals surface area (Å²) in [7, 11) is 0. The van der Waals surface area contributed by atoms with E-state index in [1.807, 2.05) is 78.9 Å². The highest BCUT2D eigenvalue weighted by atomic mass is 16.2. The van der Waals surface area contributed by atoms with Gasteiger partial charge in [0, 0.05) is 0 Å². The zero-order valence-electron chi connectivity index (χ0n) is 14.4. The summed E-state index contributed by atoms with van der Waals surface area (Å²) < 4.78 is 0. The fourth-order valence-electron chi connectivity index (χ4n) is 3.03. The summed E-state index contributed by atoms with van der Waals surface area (Å²) in [6, 6.07) is 27.2. The predicted molar refractivity (Wildman–Crippen MR) is 103 cm³/mol. The Balaban J connectivity index is 1.88. The van der Waals surface area contributed by atoms with Crippen LogP contribution in [0.2, 0.25) is 0 Å². The van der Waals surface area contributed by atoms with Crippen molar-refractivity contribution in [3.63, 3.8) is 0 Å². The van der Waals surface area contributed by atoms with Crippen molar-refractivity contribution >= 4 is 11.6 Å². The maximum absolute atomic E-state index is 13.0. The Morgan fingerprint density at radius 3 is 1.65 bits per heavy atom. The minimum Gasteiger partial charge on any atom is -0.317 e. The molecule has 3 aromatic rings. The lowest BCUT2D eigenvalue weighted by molar-refractivity contribution is -0.138. The molecule has 130 valence electrons. The fraction of sp³-hybridized carbons (Fsp3) is 0.130. The van der Waals surface area contributed by atoms with Gasteiger partial charge in [0.15, 0.2) is 0 Å². The monoisotopic (exact) mass is 343 g/mol. The van der Waals surface area contributed by atoms with Gasteiger partial charge >= 0.3 is 0 Å². The lowest BCUT2D eigenvalue weighted by Crippen LogP contribution is -2.33. The largest absolute Gasteiger partial charge is 0.317 e. The molecular formula is C23H21NO2. The summed E-state index contributed by atoms with van der Waals surface area (Å²) in [4.78, 5) is 25.8. The molecule has 0 aliphatic heterocycles. The Hall–Kier alpha value is -3.04. The van der Waals surface area contributed by atoms with Crippen LogP contribution < -0.4 is 5.73 Å². The molecule has 3 nitrogen and oxygen atoms in total. The Morgan fingerprint density at radius 1 is 0.654 bits per heavy atom. The van der Waals surface area contributed by atoms with Gasteiger partial charge in [0.05, 0.1) is 12.0 Å². The van der Waals surface area contributed by atoms with E-state index in [9.17, 15) is 9.59 Å². The first-order chi connectivity index (χ1) is 12.7. The molecule has 0 amide bonds. The summed E-state index contributed by atoms with van der Waals surface area (Å²) in [5.41, 5.74) is 8.57. The lowest BCUT2D eigenvalue weighted by Gasteiger charge is -2.18. The highest BCUT2D eigenvalue weighted by molar-refractivity contribution is 6.41. The third kappa shape index (κ3) is 4.13. The molecule has 0 aromatic heterocycles. The molecule has 3 aromatic carbocycles. The summed E-state index contributed by atoms with van der Waals surface area (Å²) in [6.07, 6.45) is 0.469. The highest BCUT2D eigenvalue weighted by Gasteiger charge is 2.31. The van der Waals surface area contributed by atoms with Crippen molar-refractivity contribution in [3.05, 3.63) is 108 Å². The van der Waals surface area contributed by atoms with E-state index in [2.05, 4.69) is 0 Å². The molecule has 2 N–H and O–H groups in total. The van der Waals surface area contributed by atoms with Gasteiger partial charge in [-0.1, -0.05) is 91.0 Å². The van der Waals surface area contributed by atoms with Crippen molar-refractivity contribution in [2.24, 2.45) is 5.73 Å². The number of ketones is 2. The second-order valence-electron chi connectivity index (χ2n) is 6.27. The van der Waals surface area contributed by atoms with E-state index in [0.717, 1.165) is 11.1 Å². The number of benzene rings is 3. The molecule has 0 heterocycles. The summed E-state index contributed by atoms with van der Waals surface area (Å²) in [5, 5.41) is 0. The molecule has 0 fully saturated rings. The first kappa shape index (κ1) is 17.8. The molecule has 0 aliphatic carbocycles. The maximum Gasteiger partial charge on any atom is 0.220 e. The molecule has 0 spiro atoms. The number of Topliss-reactive ketones (excluding diaryl/α,β-unsaturated/α-hetero) is 2. The van der Waals surface area contributed by atoms with E-state index < -0.39 is 23.5 Å². The van der Waals surface area contributed by atoms with Crippen molar-refractivity contribution in [2.75, 3.05) is 0 Å². The Morgan fingerprint density at radius 2 is 1.12 bits per heavy atom. The van der Waals surface area contributed by atoms with Crippen molar-refractivity contribution in [1.82, 2.24) is 0 Å². The third-order valence-electron chi connectivity index (χ3n) is 4.49. The number of hydrogen-bond acceptors (Lipinski definition) is 3. The van der Waals surface area contributed by atoms with Gasteiger partial charge in [-0.3, -0.25) is 9.59 Å². The van der Waals surface area contributed by atoms with Crippen LogP contribution in [-0.4, -0.2) is 11.6 Å². The van der Waals surface area contributed by atoms with E-state index >= 15 is 0 Å². The van der Waals surface area contributed by atoms with Gasteiger partial charge in [0.1, 0.15) is 0 Å². The first-order valence-electron chi connectivity index (χ1n) is 8.64. The normalized spacial score (nSPS) is 13.0. The van der Waals surface area contributed by atoms with Gasteiger partial charge in [-0.15, -0.1) is 0 Å². The van der Waals surface area contributed by atoms with Gasteiger partial charge in [-0.05, 0) is 23.1 Å². The van der Waals surface area contributed by atoms with Crippen LogP contribution in [0, 0.1) is 0 Å². The minimum atomic E-state index is -0.939. The second-order valence-corrected chi connectivity index (χ2v) is 6.27. The number of carbonyl (C=O) groups is 2. The standard InChI is InChI=1S/C23H21NO2/c24-21(19-14-8-3-9-15-19)23(26)22(25)20(18-12-6-2-7-13-18)16-17-10-4-1-5-11-17/h1-15,20-21H,16,24H2. The van der Waals surface area contributed by atoms with Crippen molar-refractivity contribution in [3.8, 4) is 0 Å². The van der Waals surface area contributed by atoms with Crippen LogP contribution in [0.25, 0.3) is 0 Å². The average molecular weight is 343 g/mol. The van der Waals surface area contributed by atoms with E-state index in [4.69, 9.17) is 5.73 Å². The predicted octanol–water partition coefficient (Wildman–Crippen LogP) is 3.85. The van der Waals surface area contributed by atoms with Crippen LogP contribution in [0.4, 0.5) is 0 Å². The van der Waals surface area contributed by atoms with E-state index in [0.29, 0.717) is 12.0 Å². The van der Waals surface area contributed by atoms with Gasteiger partial charge in [0.2, 0.25) is 11.6 Å². The second kappa shape index (κ2) is 8.37. The van der Waals surface area contributed by atoms with Crippen LogP contribution in [0.5, 0.6) is 0 Å². The molecule has 0 aliphatic rings. The minimum absolute atomic E-state index is 0.448. The Labute approximate surface area is 153 Å². The number of carbonyl (C=O) groups excluding carboxylic acids is 2. The van der Waals surface area contributed by atoms with Crippen LogP contribution >= 0.6 is 0 Å². The molecule has 0 saturated carbocycles. The molecule has 26 heavy (non-hydrogen) atoms. The molecule has 0 saturated heterocycles. The van der Waals surface area contributed by atoms with Gasteiger partial charge in [0.25, 0.3) is 0 Å². The third-order valence-corrected chi connectivity index (χ3v) is 4.49. The van der Waals surface area contributed by atoms with E-state index in [1.165, 1.54) is 0 Å². The highest BCUT2D eigenvalue weighted by Crippen LogP contribution is 2.25. The molecule has 0 bridgehead atoms. The molecule has 3 heteroatoms. The lowest BCUT2D eigenvalue weighted by atomic mass is 9.84. The van der Waals surface area contributed by atoms with Crippen molar-refractivity contribution < 1.29 is 9.59 Å². The first-order valence-corrected chi connectivity index (χ1v) is 8.64. The summed E-state index contributed by atoms with van der Waals surface area (Å²) >= 11 is 0. The Kier molecular flexibility index (Phi) is 5.72. The van der Waals surface area contributed by atoms with Crippen LogP contribution in [-0.2, 0) is 16.0 Å². The van der Waals surface area contributed by atoms with Crippen LogP contribution in [0.3, 0.4) is 0 Å². The SMILES string of the molecule is NC(C(=O)C(=O)C(Cc1ccccc1)c1ccccc1)c1ccccc1. The maximum atomic E-state index is 13.0. The zero-order valence-corrected chi connectivity index (χ0v) is 14.4. The fourth-order valence-corrected chi connectivity index (χ4v) is 3.03. The topological polar surface area (TPSA) is 60.2 Å². The average Bonchev–Trinajstić information content (AvgIpc) is 2.72. The smallest absolute Gasteiger partial charge is 0.220 e. The van der Waals surface area contributed by atoms with Crippen LogP contribution in [0.1, 0.15) is 28.7 Å². The van der Waals surface area contributed by atoms with Gasteiger partial charge in [-0.2, -0.15) is 0 Å².